The molecule has 2 aromatic carbocycles. The van der Waals surface area contributed by atoms with Crippen LogP contribution in [0.15, 0.2) is 48.5 Å². The Bertz CT molecular complexity index is 718. The summed E-state index contributed by atoms with van der Waals surface area (Å²) < 4.78 is 11.1. The third-order valence-corrected chi connectivity index (χ3v) is 4.16. The predicted octanol–water partition coefficient (Wildman–Crippen LogP) is 5.24. The van der Waals surface area contributed by atoms with Gasteiger partial charge in [-0.2, -0.15) is 0 Å². The lowest BCUT2D eigenvalue weighted by Crippen LogP contribution is -2.02. The highest BCUT2D eigenvalue weighted by Crippen LogP contribution is 2.26. The summed E-state index contributed by atoms with van der Waals surface area (Å²) in [5.41, 5.74) is 4.32. The molecule has 0 saturated heterocycles. The van der Waals surface area contributed by atoms with Crippen molar-refractivity contribution in [3.05, 3.63) is 70.8 Å². The monoisotopic (exact) mass is 338 g/mol. The first kappa shape index (κ1) is 18.8. The molecule has 0 heterocycles. The van der Waals surface area contributed by atoms with Gasteiger partial charge in [0.1, 0.15) is 12.4 Å². The Labute approximate surface area is 150 Å². The van der Waals surface area contributed by atoms with Gasteiger partial charge in [-0.1, -0.05) is 49.7 Å². The molecule has 0 fully saturated rings. The topological polar surface area (TPSA) is 35.5 Å². The van der Waals surface area contributed by atoms with Gasteiger partial charge in [0.25, 0.3) is 0 Å². The summed E-state index contributed by atoms with van der Waals surface area (Å²) in [7, 11) is 0. The summed E-state index contributed by atoms with van der Waals surface area (Å²) in [6, 6.07) is 14.0. The third-order valence-electron chi connectivity index (χ3n) is 4.16. The van der Waals surface area contributed by atoms with Gasteiger partial charge in [0, 0.05) is 6.08 Å². The van der Waals surface area contributed by atoms with E-state index < -0.39 is 0 Å². The molecule has 0 N–H and O–H groups in total. The fraction of sp³-hybridized carbons (Fsp3) is 0.318. The lowest BCUT2D eigenvalue weighted by molar-refractivity contribution is -0.137. The Morgan fingerprint density at radius 2 is 1.80 bits per heavy atom. The molecule has 0 aliphatic carbocycles. The van der Waals surface area contributed by atoms with E-state index in [2.05, 4.69) is 6.92 Å². The second-order valence-electron chi connectivity index (χ2n) is 6.03. The van der Waals surface area contributed by atoms with Gasteiger partial charge in [-0.3, -0.25) is 0 Å². The van der Waals surface area contributed by atoms with Crippen molar-refractivity contribution in [2.75, 3.05) is 6.61 Å². The van der Waals surface area contributed by atoms with Gasteiger partial charge in [-0.15, -0.1) is 0 Å². The molecule has 3 heteroatoms. The lowest BCUT2D eigenvalue weighted by Gasteiger charge is -2.13. The van der Waals surface area contributed by atoms with Gasteiger partial charge < -0.3 is 9.47 Å². The number of hydrogen-bond donors (Lipinski definition) is 0. The molecule has 0 amide bonds. The van der Waals surface area contributed by atoms with Crippen molar-refractivity contribution < 1.29 is 14.3 Å². The lowest BCUT2D eigenvalue weighted by atomic mass is 10.0. The van der Waals surface area contributed by atoms with E-state index in [1.54, 1.807) is 6.08 Å². The zero-order chi connectivity index (χ0) is 18.1. The number of unbranched alkanes of at least 4 members (excludes halogenated alkanes) is 1. The molecule has 25 heavy (non-hydrogen) atoms. The van der Waals surface area contributed by atoms with E-state index in [0.717, 1.165) is 40.8 Å². The highest BCUT2D eigenvalue weighted by Gasteiger charge is 2.07. The summed E-state index contributed by atoms with van der Waals surface area (Å²) in [6.07, 6.45) is 5.20. The molecule has 0 unspecified atom stereocenters. The van der Waals surface area contributed by atoms with Crippen LogP contribution in [0.2, 0.25) is 0 Å². The minimum Gasteiger partial charge on any atom is -0.489 e. The maximum atomic E-state index is 11.7. The minimum absolute atomic E-state index is 0.296. The molecule has 0 bridgehead atoms. The van der Waals surface area contributed by atoms with Crippen LogP contribution in [0.5, 0.6) is 5.75 Å². The molecular formula is C22H26O3. The number of esters is 1. The number of rotatable bonds is 8. The van der Waals surface area contributed by atoms with Crippen LogP contribution < -0.4 is 4.74 Å². The Hall–Kier alpha value is -2.55. The molecule has 3 nitrogen and oxygen atoms in total. The molecule has 0 aromatic heterocycles. The van der Waals surface area contributed by atoms with E-state index >= 15 is 0 Å². The summed E-state index contributed by atoms with van der Waals surface area (Å²) in [4.78, 5) is 11.7. The fourth-order valence-electron chi connectivity index (χ4n) is 2.41. The predicted molar refractivity (Wildman–Crippen MR) is 102 cm³/mol. The largest absolute Gasteiger partial charge is 0.489 e. The molecular weight excluding hydrogens is 312 g/mol. The van der Waals surface area contributed by atoms with Crippen LogP contribution in [-0.2, 0) is 16.1 Å². The molecule has 0 aliphatic heterocycles. The fourth-order valence-corrected chi connectivity index (χ4v) is 2.41. The van der Waals surface area contributed by atoms with Crippen LogP contribution >= 0.6 is 0 Å². The van der Waals surface area contributed by atoms with Crippen LogP contribution in [0.4, 0.5) is 0 Å². The van der Waals surface area contributed by atoms with Crippen LogP contribution in [-0.4, -0.2) is 12.6 Å². The van der Waals surface area contributed by atoms with Gasteiger partial charge in [0.2, 0.25) is 0 Å². The Morgan fingerprint density at radius 3 is 2.52 bits per heavy atom. The second kappa shape index (κ2) is 9.67. The molecule has 132 valence electrons. The first-order chi connectivity index (χ1) is 12.1. The van der Waals surface area contributed by atoms with Gasteiger partial charge >= 0.3 is 5.97 Å². The second-order valence-corrected chi connectivity index (χ2v) is 6.03. The molecule has 2 aromatic rings. The maximum absolute atomic E-state index is 11.7. The van der Waals surface area contributed by atoms with E-state index in [-0.39, 0.29) is 5.97 Å². The van der Waals surface area contributed by atoms with Crippen LogP contribution in [0.1, 0.15) is 42.0 Å². The maximum Gasteiger partial charge on any atom is 0.330 e. The van der Waals surface area contributed by atoms with Gasteiger partial charge in [0.15, 0.2) is 0 Å². The zero-order valence-corrected chi connectivity index (χ0v) is 15.2. The standard InChI is InChI=1S/C22H26O3/c1-4-5-15-24-22(23)14-12-20-11-13-21(18(3)17(20)2)25-16-19-9-7-6-8-10-19/h6-14H,4-5,15-16H2,1-3H3/b14-12+. The highest BCUT2D eigenvalue weighted by molar-refractivity contribution is 5.87. The summed E-state index contributed by atoms with van der Waals surface area (Å²) >= 11 is 0. The quantitative estimate of drug-likeness (QED) is 0.375. The van der Waals surface area contributed by atoms with Crippen LogP contribution in [0, 0.1) is 13.8 Å². The van der Waals surface area contributed by atoms with Crippen molar-refractivity contribution >= 4 is 12.0 Å². The normalized spacial score (nSPS) is 10.8. The average molecular weight is 338 g/mol. The smallest absolute Gasteiger partial charge is 0.330 e. The van der Waals surface area contributed by atoms with Crippen molar-refractivity contribution in [3.63, 3.8) is 0 Å². The van der Waals surface area contributed by atoms with Crippen molar-refractivity contribution in [1.82, 2.24) is 0 Å². The van der Waals surface area contributed by atoms with Crippen LogP contribution in [0.3, 0.4) is 0 Å². The molecule has 0 aliphatic rings. The van der Waals surface area contributed by atoms with E-state index in [1.165, 1.54) is 6.08 Å². The molecule has 0 radical (unpaired) electrons. The number of carbonyl (C=O) groups excluding carboxylic acids is 1. The summed E-state index contributed by atoms with van der Waals surface area (Å²) in [6.45, 7) is 7.15. The van der Waals surface area contributed by atoms with E-state index in [9.17, 15) is 4.79 Å². The van der Waals surface area contributed by atoms with Crippen molar-refractivity contribution in [1.29, 1.82) is 0 Å². The Balaban J connectivity index is 2.00. The van der Waals surface area contributed by atoms with E-state index in [1.807, 2.05) is 56.3 Å². The van der Waals surface area contributed by atoms with Gasteiger partial charge in [-0.25, -0.2) is 4.79 Å². The highest BCUT2D eigenvalue weighted by atomic mass is 16.5. The zero-order valence-electron chi connectivity index (χ0n) is 15.2. The number of hydrogen-bond acceptors (Lipinski definition) is 3. The van der Waals surface area contributed by atoms with Crippen molar-refractivity contribution in [2.24, 2.45) is 0 Å². The Morgan fingerprint density at radius 1 is 1.04 bits per heavy atom. The number of benzene rings is 2. The van der Waals surface area contributed by atoms with Gasteiger partial charge in [0.05, 0.1) is 6.61 Å². The molecule has 0 atom stereocenters. The van der Waals surface area contributed by atoms with Crippen LogP contribution in [0.25, 0.3) is 6.08 Å². The molecule has 2 rings (SSSR count). The van der Waals surface area contributed by atoms with Crippen molar-refractivity contribution in [2.45, 2.75) is 40.2 Å². The number of carbonyl (C=O) groups is 1. The molecule has 0 spiro atoms. The summed E-state index contributed by atoms with van der Waals surface area (Å²) in [5.74, 6) is 0.568. The van der Waals surface area contributed by atoms with Crippen molar-refractivity contribution in [3.8, 4) is 5.75 Å². The molecule has 0 saturated carbocycles. The summed E-state index contributed by atoms with van der Waals surface area (Å²) in [5, 5.41) is 0. The average Bonchev–Trinajstić information content (AvgIpc) is 2.63. The van der Waals surface area contributed by atoms with Gasteiger partial charge in [-0.05, 0) is 54.7 Å². The van der Waals surface area contributed by atoms with E-state index in [0.29, 0.717) is 13.2 Å². The minimum atomic E-state index is -0.296. The number of ether oxygens (including phenoxy) is 2. The Kier molecular flexibility index (Phi) is 7.27. The van der Waals surface area contributed by atoms with E-state index in [4.69, 9.17) is 9.47 Å². The first-order valence-corrected chi connectivity index (χ1v) is 8.73. The third kappa shape index (κ3) is 5.79. The first-order valence-electron chi connectivity index (χ1n) is 8.73. The SMILES string of the molecule is CCCCOC(=O)/C=C/c1ccc(OCc2ccccc2)c(C)c1C.